The third-order valence-electron chi connectivity index (χ3n) is 4.88. The molecule has 0 aliphatic rings. The Morgan fingerprint density at radius 3 is 2.14 bits per heavy atom. The van der Waals surface area contributed by atoms with Crippen molar-refractivity contribution in [3.8, 4) is 5.75 Å². The van der Waals surface area contributed by atoms with Crippen LogP contribution in [0.2, 0.25) is 0 Å². The number of nitrogens with one attached hydrogen (secondary N) is 2. The number of carbonyl (C=O) groups excluding carboxylic acids is 2. The summed E-state index contributed by atoms with van der Waals surface area (Å²) in [6, 6.07) is 14.3. The van der Waals surface area contributed by atoms with Gasteiger partial charge in [0.05, 0.1) is 0 Å². The van der Waals surface area contributed by atoms with Crippen LogP contribution in [0.3, 0.4) is 0 Å². The van der Waals surface area contributed by atoms with Crippen LogP contribution in [-0.4, -0.2) is 41.1 Å². The fourth-order valence-corrected chi connectivity index (χ4v) is 3.03. The predicted octanol–water partition coefficient (Wildman–Crippen LogP) is 3.69. The van der Waals surface area contributed by atoms with Crippen LogP contribution in [0.25, 0.3) is 0 Å². The Balaban J connectivity index is 1.75. The summed E-state index contributed by atoms with van der Waals surface area (Å²) in [7, 11) is 0. The zero-order valence-electron chi connectivity index (χ0n) is 17.4. The normalized spacial score (nSPS) is 11.6. The third-order valence-corrected chi connectivity index (χ3v) is 4.88. The van der Waals surface area contributed by atoms with Crippen molar-refractivity contribution in [1.29, 1.82) is 0 Å². The molecular formula is C23H31N3O3. The summed E-state index contributed by atoms with van der Waals surface area (Å²) < 4.78 is 0. The number of urea groups is 1. The Morgan fingerprint density at radius 2 is 1.55 bits per heavy atom. The topological polar surface area (TPSA) is 81.7 Å². The van der Waals surface area contributed by atoms with Crippen LogP contribution >= 0.6 is 0 Å². The molecule has 0 heterocycles. The molecule has 0 spiro atoms. The first kappa shape index (κ1) is 22.3. The largest absolute Gasteiger partial charge is 0.508 e. The maximum absolute atomic E-state index is 12.3. The molecule has 156 valence electrons. The Kier molecular flexibility index (Phi) is 8.52. The summed E-state index contributed by atoms with van der Waals surface area (Å²) in [4.78, 5) is 26.2. The van der Waals surface area contributed by atoms with Crippen LogP contribution < -0.4 is 10.6 Å². The minimum absolute atomic E-state index is 0.0229. The van der Waals surface area contributed by atoms with Crippen molar-refractivity contribution < 1.29 is 14.7 Å². The molecular weight excluding hydrogens is 366 g/mol. The second-order valence-corrected chi connectivity index (χ2v) is 7.11. The van der Waals surface area contributed by atoms with Gasteiger partial charge in [-0.15, -0.1) is 0 Å². The van der Waals surface area contributed by atoms with Crippen LogP contribution in [0.1, 0.15) is 48.7 Å². The molecule has 0 aliphatic carbocycles. The molecule has 2 aromatic carbocycles. The molecule has 0 aromatic heterocycles. The van der Waals surface area contributed by atoms with E-state index in [0.717, 1.165) is 24.0 Å². The number of carbonyl (C=O) groups is 2. The number of amides is 3. The van der Waals surface area contributed by atoms with Crippen LogP contribution in [0, 0.1) is 0 Å². The van der Waals surface area contributed by atoms with E-state index in [1.807, 2.05) is 45.0 Å². The van der Waals surface area contributed by atoms with Crippen molar-refractivity contribution in [2.75, 3.05) is 13.1 Å². The maximum atomic E-state index is 12.3. The van der Waals surface area contributed by atoms with Gasteiger partial charge in [-0.05, 0) is 69.0 Å². The second kappa shape index (κ2) is 11.1. The van der Waals surface area contributed by atoms with Gasteiger partial charge in [-0.25, -0.2) is 4.79 Å². The molecule has 1 unspecified atom stereocenters. The molecule has 0 radical (unpaired) electrons. The number of nitrogens with zero attached hydrogens (tertiary/aromatic N) is 1. The molecule has 0 saturated carbocycles. The lowest BCUT2D eigenvalue weighted by atomic mass is 10.1. The SMILES string of the molecule is CCN(CC)C(=O)c1ccc(CNC(=O)NC(C)CCc2ccc(O)cc2)cc1. The van der Waals surface area contributed by atoms with Gasteiger partial charge in [0, 0.05) is 31.2 Å². The fourth-order valence-electron chi connectivity index (χ4n) is 3.03. The number of aryl methyl sites for hydroxylation is 1. The lowest BCUT2D eigenvalue weighted by Gasteiger charge is -2.18. The smallest absolute Gasteiger partial charge is 0.315 e. The minimum Gasteiger partial charge on any atom is -0.508 e. The summed E-state index contributed by atoms with van der Waals surface area (Å²) in [6.07, 6.45) is 1.63. The van der Waals surface area contributed by atoms with E-state index in [9.17, 15) is 14.7 Å². The van der Waals surface area contributed by atoms with Gasteiger partial charge in [-0.2, -0.15) is 0 Å². The van der Waals surface area contributed by atoms with Crippen molar-refractivity contribution in [1.82, 2.24) is 15.5 Å². The van der Waals surface area contributed by atoms with Crippen LogP contribution in [0.15, 0.2) is 48.5 Å². The van der Waals surface area contributed by atoms with Gasteiger partial charge in [0.15, 0.2) is 0 Å². The molecule has 3 amide bonds. The lowest BCUT2D eigenvalue weighted by molar-refractivity contribution is 0.0773. The van der Waals surface area contributed by atoms with Crippen molar-refractivity contribution in [2.45, 2.75) is 46.2 Å². The van der Waals surface area contributed by atoms with Gasteiger partial charge < -0.3 is 20.6 Å². The lowest BCUT2D eigenvalue weighted by Crippen LogP contribution is -2.40. The summed E-state index contributed by atoms with van der Waals surface area (Å²) in [5.74, 6) is 0.277. The second-order valence-electron chi connectivity index (χ2n) is 7.11. The van der Waals surface area contributed by atoms with Gasteiger partial charge in [-0.3, -0.25) is 4.79 Å². The Hall–Kier alpha value is -3.02. The third kappa shape index (κ3) is 7.14. The van der Waals surface area contributed by atoms with Gasteiger partial charge in [0.25, 0.3) is 5.91 Å². The van der Waals surface area contributed by atoms with Gasteiger partial charge in [0.2, 0.25) is 0 Å². The number of hydrogen-bond acceptors (Lipinski definition) is 3. The molecule has 2 aromatic rings. The highest BCUT2D eigenvalue weighted by molar-refractivity contribution is 5.94. The molecule has 3 N–H and O–H groups in total. The summed E-state index contributed by atoms with van der Waals surface area (Å²) in [5.41, 5.74) is 2.72. The van der Waals surface area contributed by atoms with E-state index in [-0.39, 0.29) is 23.7 Å². The maximum Gasteiger partial charge on any atom is 0.315 e. The first-order valence-corrected chi connectivity index (χ1v) is 10.1. The molecule has 1 atom stereocenters. The van der Waals surface area contributed by atoms with Gasteiger partial charge in [0.1, 0.15) is 5.75 Å². The van der Waals surface area contributed by atoms with Crippen molar-refractivity contribution in [2.24, 2.45) is 0 Å². The summed E-state index contributed by atoms with van der Waals surface area (Å²) in [5, 5.41) is 15.1. The number of rotatable bonds is 9. The Labute approximate surface area is 172 Å². The number of benzene rings is 2. The van der Waals surface area contributed by atoms with E-state index in [0.29, 0.717) is 25.2 Å². The fraction of sp³-hybridized carbons (Fsp3) is 0.391. The molecule has 29 heavy (non-hydrogen) atoms. The first-order chi connectivity index (χ1) is 13.9. The number of phenols is 1. The molecule has 0 fully saturated rings. The van der Waals surface area contributed by atoms with E-state index in [4.69, 9.17) is 0 Å². The summed E-state index contributed by atoms with van der Waals surface area (Å²) >= 11 is 0. The van der Waals surface area contributed by atoms with E-state index >= 15 is 0 Å². The quantitative estimate of drug-likeness (QED) is 0.603. The van der Waals surface area contributed by atoms with Crippen LogP contribution in [0.4, 0.5) is 4.79 Å². The van der Waals surface area contributed by atoms with Gasteiger partial charge in [-0.1, -0.05) is 24.3 Å². The van der Waals surface area contributed by atoms with E-state index in [2.05, 4.69) is 10.6 Å². The van der Waals surface area contributed by atoms with E-state index < -0.39 is 0 Å². The molecule has 0 saturated heterocycles. The number of phenolic OH excluding ortho intramolecular Hbond substituents is 1. The number of aromatic hydroxyl groups is 1. The highest BCUT2D eigenvalue weighted by Crippen LogP contribution is 2.12. The molecule has 0 aliphatic heterocycles. The van der Waals surface area contributed by atoms with Crippen molar-refractivity contribution in [3.63, 3.8) is 0 Å². The highest BCUT2D eigenvalue weighted by Gasteiger charge is 2.12. The Bertz CT molecular complexity index is 784. The Morgan fingerprint density at radius 1 is 0.966 bits per heavy atom. The molecule has 0 bridgehead atoms. The molecule has 6 heteroatoms. The standard InChI is InChI=1S/C23H31N3O3/c1-4-26(5-2)22(28)20-12-8-19(9-13-20)16-24-23(29)25-17(3)6-7-18-10-14-21(27)15-11-18/h8-15,17,27H,4-7,16H2,1-3H3,(H2,24,25,29). The minimum atomic E-state index is -0.216. The first-order valence-electron chi connectivity index (χ1n) is 10.1. The summed E-state index contributed by atoms with van der Waals surface area (Å²) in [6.45, 7) is 7.66. The predicted molar refractivity (Wildman–Crippen MR) is 115 cm³/mol. The zero-order chi connectivity index (χ0) is 21.2. The van der Waals surface area contributed by atoms with Crippen LogP contribution in [0.5, 0.6) is 5.75 Å². The molecule has 6 nitrogen and oxygen atoms in total. The van der Waals surface area contributed by atoms with Crippen molar-refractivity contribution in [3.05, 3.63) is 65.2 Å². The number of hydrogen-bond donors (Lipinski definition) is 3. The zero-order valence-corrected chi connectivity index (χ0v) is 17.4. The monoisotopic (exact) mass is 397 g/mol. The van der Waals surface area contributed by atoms with E-state index in [1.54, 1.807) is 29.2 Å². The average molecular weight is 398 g/mol. The average Bonchev–Trinajstić information content (AvgIpc) is 2.73. The van der Waals surface area contributed by atoms with Crippen LogP contribution in [-0.2, 0) is 13.0 Å². The van der Waals surface area contributed by atoms with Gasteiger partial charge >= 0.3 is 6.03 Å². The van der Waals surface area contributed by atoms with E-state index in [1.165, 1.54) is 0 Å². The highest BCUT2D eigenvalue weighted by atomic mass is 16.3. The van der Waals surface area contributed by atoms with Crippen molar-refractivity contribution >= 4 is 11.9 Å². The molecule has 2 rings (SSSR count).